The van der Waals surface area contributed by atoms with Crippen LogP contribution in [-0.2, 0) is 28.8 Å². The molecular weight excluding hydrogens is 466 g/mol. The lowest BCUT2D eigenvalue weighted by Crippen LogP contribution is -2.59. The van der Waals surface area contributed by atoms with Gasteiger partial charge in [0.25, 0.3) is 0 Å². The van der Waals surface area contributed by atoms with E-state index in [4.69, 9.17) is 28.7 Å². The number of hydrogen-bond donors (Lipinski definition) is 9. The van der Waals surface area contributed by atoms with Crippen LogP contribution in [0.2, 0.25) is 0 Å². The smallest absolute Gasteiger partial charge is 0.326 e. The molecule has 0 aromatic heterocycles. The quantitative estimate of drug-likeness (QED) is 0.0552. The number of carboxylic acids is 1. The first-order valence-corrected chi connectivity index (χ1v) is 10.7. The highest BCUT2D eigenvalue weighted by atomic mass is 16.4. The van der Waals surface area contributed by atoms with Gasteiger partial charge in [0, 0.05) is 6.54 Å². The molecular formula is C19H35N9O7. The van der Waals surface area contributed by atoms with Crippen molar-refractivity contribution >= 4 is 41.5 Å². The van der Waals surface area contributed by atoms with Crippen LogP contribution in [0.4, 0.5) is 0 Å². The molecule has 0 rings (SSSR count). The predicted molar refractivity (Wildman–Crippen MR) is 124 cm³/mol. The van der Waals surface area contributed by atoms with Crippen LogP contribution in [0.3, 0.4) is 0 Å². The van der Waals surface area contributed by atoms with Crippen LogP contribution in [-0.4, -0.2) is 77.3 Å². The van der Waals surface area contributed by atoms with Gasteiger partial charge in [0.1, 0.15) is 18.1 Å². The van der Waals surface area contributed by atoms with Crippen LogP contribution in [0.1, 0.15) is 39.5 Å². The molecule has 4 atom stereocenters. The number of aliphatic imine (C=N–C) groups is 1. The molecule has 0 bridgehead atoms. The second-order valence-corrected chi connectivity index (χ2v) is 8.09. The molecule has 0 aliphatic heterocycles. The van der Waals surface area contributed by atoms with E-state index in [9.17, 15) is 33.9 Å². The van der Waals surface area contributed by atoms with Gasteiger partial charge in [-0.1, -0.05) is 13.8 Å². The lowest BCUT2D eigenvalue weighted by Gasteiger charge is -2.26. The highest BCUT2D eigenvalue weighted by Gasteiger charge is 2.32. The maximum absolute atomic E-state index is 12.8. The summed E-state index contributed by atoms with van der Waals surface area (Å²) >= 11 is 0. The number of nitrogens with zero attached hydrogens (tertiary/aromatic N) is 1. The summed E-state index contributed by atoms with van der Waals surface area (Å²) in [4.78, 5) is 75.4. The summed E-state index contributed by atoms with van der Waals surface area (Å²) in [6, 6.07) is -5.41. The highest BCUT2D eigenvalue weighted by Crippen LogP contribution is 2.06. The van der Waals surface area contributed by atoms with Gasteiger partial charge in [0.2, 0.25) is 29.5 Å². The molecule has 0 saturated heterocycles. The molecule has 0 spiro atoms. The predicted octanol–water partition coefficient (Wildman–Crippen LogP) is -4.69. The first-order chi connectivity index (χ1) is 16.1. The minimum Gasteiger partial charge on any atom is -0.480 e. The number of primary amides is 2. The summed E-state index contributed by atoms with van der Waals surface area (Å²) in [5.74, 6) is -6.64. The minimum atomic E-state index is -1.61. The van der Waals surface area contributed by atoms with Crippen LogP contribution in [0.5, 0.6) is 0 Å². The molecule has 198 valence electrons. The Hall–Kier alpha value is -3.95. The number of carboxylic acid groups (broad SMARTS) is 1. The fraction of sp³-hybridized carbons (Fsp3) is 0.632. The Morgan fingerprint density at radius 3 is 1.77 bits per heavy atom. The molecule has 35 heavy (non-hydrogen) atoms. The molecule has 14 N–H and O–H groups in total. The molecule has 5 amide bonds. The van der Waals surface area contributed by atoms with Crippen LogP contribution in [0.25, 0.3) is 0 Å². The van der Waals surface area contributed by atoms with Gasteiger partial charge in [-0.2, -0.15) is 0 Å². The Balaban J connectivity index is 5.36. The molecule has 0 aliphatic rings. The second-order valence-electron chi connectivity index (χ2n) is 8.09. The molecule has 4 unspecified atom stereocenters. The van der Waals surface area contributed by atoms with Crippen molar-refractivity contribution in [1.82, 2.24) is 16.0 Å². The summed E-state index contributed by atoms with van der Waals surface area (Å²) in [6.45, 7) is 3.35. The van der Waals surface area contributed by atoms with Crippen LogP contribution in [0, 0.1) is 5.92 Å². The zero-order chi connectivity index (χ0) is 27.3. The number of rotatable bonds is 16. The van der Waals surface area contributed by atoms with Crippen molar-refractivity contribution < 1.29 is 33.9 Å². The Labute approximate surface area is 201 Å². The van der Waals surface area contributed by atoms with Crippen molar-refractivity contribution in [2.75, 3.05) is 6.54 Å². The fourth-order valence-electron chi connectivity index (χ4n) is 2.79. The van der Waals surface area contributed by atoms with Gasteiger partial charge in [-0.15, -0.1) is 0 Å². The highest BCUT2D eigenvalue weighted by molar-refractivity contribution is 5.96. The Morgan fingerprint density at radius 2 is 1.31 bits per heavy atom. The SMILES string of the molecule is CC(C)C(NC(=O)C(CC(N)=O)NC(=O)C(N)CCCN=C(N)N)C(=O)NC(CC(N)=O)C(=O)O. The average Bonchev–Trinajstić information content (AvgIpc) is 2.72. The largest absolute Gasteiger partial charge is 0.480 e. The van der Waals surface area contributed by atoms with Crippen molar-refractivity contribution in [2.45, 2.75) is 63.7 Å². The summed E-state index contributed by atoms with van der Waals surface area (Å²) in [7, 11) is 0. The van der Waals surface area contributed by atoms with Crippen LogP contribution >= 0.6 is 0 Å². The summed E-state index contributed by atoms with van der Waals surface area (Å²) in [6.07, 6.45) is -0.725. The topological polar surface area (TPSA) is 301 Å². The molecule has 16 heteroatoms. The molecule has 16 nitrogen and oxygen atoms in total. The van der Waals surface area contributed by atoms with E-state index in [0.717, 1.165) is 0 Å². The number of guanidine groups is 1. The summed E-state index contributed by atoms with van der Waals surface area (Å²) in [5.41, 5.74) is 26.4. The number of aliphatic carboxylic acids is 1. The lowest BCUT2D eigenvalue weighted by molar-refractivity contribution is -0.144. The molecule has 0 saturated carbocycles. The third kappa shape index (κ3) is 12.8. The van der Waals surface area contributed by atoms with Crippen LogP contribution in [0.15, 0.2) is 4.99 Å². The molecule has 0 fully saturated rings. The van der Waals surface area contributed by atoms with E-state index < -0.39 is 78.4 Å². The molecule has 0 heterocycles. The second kappa shape index (κ2) is 15.0. The van der Waals surface area contributed by atoms with Gasteiger partial charge >= 0.3 is 5.97 Å². The first kappa shape index (κ1) is 31.0. The maximum atomic E-state index is 12.8. The van der Waals surface area contributed by atoms with Gasteiger partial charge in [-0.05, 0) is 18.8 Å². The van der Waals surface area contributed by atoms with Crippen molar-refractivity contribution in [3.63, 3.8) is 0 Å². The van der Waals surface area contributed by atoms with Gasteiger partial charge in [-0.25, -0.2) is 4.79 Å². The van der Waals surface area contributed by atoms with Gasteiger partial charge in [-0.3, -0.25) is 29.0 Å². The lowest BCUT2D eigenvalue weighted by atomic mass is 10.0. The Morgan fingerprint density at radius 1 is 0.800 bits per heavy atom. The third-order valence-electron chi connectivity index (χ3n) is 4.61. The van der Waals surface area contributed by atoms with Crippen molar-refractivity contribution in [3.8, 4) is 0 Å². The number of hydrogen-bond acceptors (Lipinski definition) is 8. The van der Waals surface area contributed by atoms with Gasteiger partial charge in [0.15, 0.2) is 5.96 Å². The van der Waals surface area contributed by atoms with E-state index in [-0.39, 0.29) is 18.9 Å². The van der Waals surface area contributed by atoms with Gasteiger partial charge in [0.05, 0.1) is 18.9 Å². The average molecular weight is 502 g/mol. The number of nitrogens with one attached hydrogen (secondary N) is 3. The number of carbonyl (C=O) groups is 6. The Bertz CT molecular complexity index is 827. The fourth-order valence-corrected chi connectivity index (χ4v) is 2.79. The monoisotopic (exact) mass is 501 g/mol. The minimum absolute atomic E-state index is 0.116. The van der Waals surface area contributed by atoms with Crippen molar-refractivity contribution in [1.29, 1.82) is 0 Å². The van der Waals surface area contributed by atoms with E-state index in [2.05, 4.69) is 20.9 Å². The van der Waals surface area contributed by atoms with E-state index in [0.29, 0.717) is 6.42 Å². The van der Waals surface area contributed by atoms with Crippen molar-refractivity contribution in [2.24, 2.45) is 39.6 Å². The summed E-state index contributed by atoms with van der Waals surface area (Å²) in [5, 5.41) is 16.0. The van der Waals surface area contributed by atoms with E-state index in [1.807, 2.05) is 0 Å². The van der Waals surface area contributed by atoms with E-state index in [1.165, 1.54) is 0 Å². The molecule has 0 radical (unpaired) electrons. The molecule has 0 aromatic carbocycles. The van der Waals surface area contributed by atoms with Crippen molar-refractivity contribution in [3.05, 3.63) is 0 Å². The third-order valence-corrected chi connectivity index (χ3v) is 4.61. The first-order valence-electron chi connectivity index (χ1n) is 10.7. The normalized spacial score (nSPS) is 14.1. The van der Waals surface area contributed by atoms with Gasteiger partial charge < -0.3 is 49.7 Å². The maximum Gasteiger partial charge on any atom is 0.326 e. The standard InChI is InChI=1S/C19H35N9O7/c1-8(2)14(17(33)27-11(18(34)35)7-13(22)30)28-16(32)10(6-12(21)29)26-15(31)9(20)4-3-5-25-19(23)24/h8-11,14H,3-7,20H2,1-2H3,(H2,21,29)(H2,22,30)(H,26,31)(H,27,33)(H,28,32)(H,34,35)(H4,23,24,25). The summed E-state index contributed by atoms with van der Waals surface area (Å²) < 4.78 is 0. The zero-order valence-corrected chi connectivity index (χ0v) is 19.7. The molecule has 0 aromatic rings. The zero-order valence-electron chi connectivity index (χ0n) is 19.7. The number of nitrogens with two attached hydrogens (primary N) is 5. The molecule has 0 aliphatic carbocycles. The number of carbonyl (C=O) groups excluding carboxylic acids is 5. The Kier molecular flexibility index (Phi) is 13.4. The van der Waals surface area contributed by atoms with Crippen LogP contribution < -0.4 is 44.6 Å². The van der Waals surface area contributed by atoms with E-state index in [1.54, 1.807) is 13.8 Å². The van der Waals surface area contributed by atoms with E-state index >= 15 is 0 Å². The number of amides is 5.